The SMILES string of the molecule is Cl.O=[N+]([O-])c1ccc(-c2ccc3[nH]c4c(c3c2)CNCC4)cc1. The molecule has 0 radical (unpaired) electrons. The maximum Gasteiger partial charge on any atom is 0.269 e. The van der Waals surface area contributed by atoms with Crippen LogP contribution in [0.5, 0.6) is 0 Å². The van der Waals surface area contributed by atoms with Crippen LogP contribution < -0.4 is 5.32 Å². The van der Waals surface area contributed by atoms with Gasteiger partial charge in [0.15, 0.2) is 0 Å². The van der Waals surface area contributed by atoms with Crippen molar-refractivity contribution < 1.29 is 4.92 Å². The van der Waals surface area contributed by atoms with Crippen molar-refractivity contribution in [3.63, 3.8) is 0 Å². The summed E-state index contributed by atoms with van der Waals surface area (Å²) in [4.78, 5) is 13.9. The number of non-ortho nitro benzene ring substituents is 1. The maximum absolute atomic E-state index is 10.7. The predicted molar refractivity (Wildman–Crippen MR) is 93.0 cm³/mol. The van der Waals surface area contributed by atoms with Crippen molar-refractivity contribution in [2.24, 2.45) is 0 Å². The molecule has 0 aliphatic carbocycles. The molecule has 0 spiro atoms. The molecule has 2 aromatic carbocycles. The topological polar surface area (TPSA) is 71.0 Å². The fourth-order valence-corrected chi connectivity index (χ4v) is 3.10. The first-order valence-corrected chi connectivity index (χ1v) is 7.31. The molecule has 4 rings (SSSR count). The van der Waals surface area contributed by atoms with Crippen molar-refractivity contribution in [2.45, 2.75) is 13.0 Å². The van der Waals surface area contributed by atoms with E-state index in [2.05, 4.69) is 28.5 Å². The minimum Gasteiger partial charge on any atom is -0.358 e. The number of hydrogen-bond acceptors (Lipinski definition) is 3. The van der Waals surface area contributed by atoms with Gasteiger partial charge in [-0.15, -0.1) is 12.4 Å². The molecule has 0 saturated heterocycles. The minimum atomic E-state index is -0.374. The average molecular weight is 330 g/mol. The predicted octanol–water partition coefficient (Wildman–Crippen LogP) is 3.81. The summed E-state index contributed by atoms with van der Waals surface area (Å²) in [6.07, 6.45) is 1.02. The number of halogens is 1. The monoisotopic (exact) mass is 329 g/mol. The molecule has 0 unspecified atom stereocenters. The van der Waals surface area contributed by atoms with Gasteiger partial charge in [0, 0.05) is 48.2 Å². The summed E-state index contributed by atoms with van der Waals surface area (Å²) in [5, 5.41) is 15.4. The van der Waals surface area contributed by atoms with Crippen molar-refractivity contribution in [2.75, 3.05) is 6.54 Å². The molecule has 6 heteroatoms. The van der Waals surface area contributed by atoms with E-state index >= 15 is 0 Å². The molecule has 118 valence electrons. The highest BCUT2D eigenvalue weighted by Gasteiger charge is 2.15. The number of nitrogens with one attached hydrogen (secondary N) is 2. The van der Waals surface area contributed by atoms with E-state index in [0.717, 1.165) is 36.2 Å². The van der Waals surface area contributed by atoms with E-state index in [0.29, 0.717) is 0 Å². The zero-order valence-electron chi connectivity index (χ0n) is 12.3. The number of nitro benzene ring substituents is 1. The summed E-state index contributed by atoms with van der Waals surface area (Å²) in [6.45, 7) is 1.90. The van der Waals surface area contributed by atoms with Crippen LogP contribution in [-0.4, -0.2) is 16.5 Å². The van der Waals surface area contributed by atoms with Crippen molar-refractivity contribution in [1.29, 1.82) is 0 Å². The molecule has 23 heavy (non-hydrogen) atoms. The van der Waals surface area contributed by atoms with Crippen molar-refractivity contribution in [3.8, 4) is 11.1 Å². The number of H-pyrrole nitrogens is 1. The molecule has 2 heterocycles. The third kappa shape index (κ3) is 2.69. The van der Waals surface area contributed by atoms with Gasteiger partial charge >= 0.3 is 0 Å². The number of benzene rings is 2. The van der Waals surface area contributed by atoms with Crippen LogP contribution in [0.1, 0.15) is 11.3 Å². The molecule has 5 nitrogen and oxygen atoms in total. The first-order valence-electron chi connectivity index (χ1n) is 7.31. The Morgan fingerprint density at radius 2 is 1.78 bits per heavy atom. The molecule has 1 aliphatic heterocycles. The minimum absolute atomic E-state index is 0. The third-order valence-corrected chi connectivity index (χ3v) is 4.26. The first kappa shape index (κ1) is 15.5. The van der Waals surface area contributed by atoms with Gasteiger partial charge in [0.2, 0.25) is 0 Å². The van der Waals surface area contributed by atoms with E-state index < -0.39 is 0 Å². The van der Waals surface area contributed by atoms with Crippen LogP contribution >= 0.6 is 12.4 Å². The number of hydrogen-bond donors (Lipinski definition) is 2. The Morgan fingerprint density at radius 1 is 1.04 bits per heavy atom. The normalized spacial score (nSPS) is 13.4. The van der Waals surface area contributed by atoms with E-state index in [9.17, 15) is 10.1 Å². The zero-order chi connectivity index (χ0) is 15.1. The lowest BCUT2D eigenvalue weighted by atomic mass is 10.0. The van der Waals surface area contributed by atoms with E-state index in [1.807, 2.05) is 0 Å². The molecule has 2 N–H and O–H groups in total. The van der Waals surface area contributed by atoms with Crippen LogP contribution in [0.3, 0.4) is 0 Å². The van der Waals surface area contributed by atoms with E-state index in [1.54, 1.807) is 24.3 Å². The highest BCUT2D eigenvalue weighted by molar-refractivity contribution is 5.89. The van der Waals surface area contributed by atoms with E-state index in [1.165, 1.54) is 16.6 Å². The Morgan fingerprint density at radius 3 is 2.52 bits per heavy atom. The molecule has 0 amide bonds. The van der Waals surface area contributed by atoms with Gasteiger partial charge in [-0.2, -0.15) is 0 Å². The lowest BCUT2D eigenvalue weighted by Crippen LogP contribution is -2.22. The van der Waals surface area contributed by atoms with Gasteiger partial charge in [-0.25, -0.2) is 0 Å². The Kier molecular flexibility index (Phi) is 4.07. The summed E-state index contributed by atoms with van der Waals surface area (Å²) in [6, 6.07) is 13.0. The van der Waals surface area contributed by atoms with Crippen LogP contribution in [0, 0.1) is 10.1 Å². The van der Waals surface area contributed by atoms with Gasteiger partial charge in [-0.3, -0.25) is 10.1 Å². The van der Waals surface area contributed by atoms with Crippen LogP contribution in [-0.2, 0) is 13.0 Å². The number of nitro groups is 1. The second-order valence-corrected chi connectivity index (χ2v) is 5.57. The van der Waals surface area contributed by atoms with Crippen LogP contribution in [0.2, 0.25) is 0 Å². The fraction of sp³-hybridized carbons (Fsp3) is 0.176. The molecule has 0 bridgehead atoms. The second-order valence-electron chi connectivity index (χ2n) is 5.57. The van der Waals surface area contributed by atoms with Gasteiger partial charge in [-0.05, 0) is 41.0 Å². The van der Waals surface area contributed by atoms with Gasteiger partial charge in [0.1, 0.15) is 0 Å². The molecule has 3 aromatic rings. The number of fused-ring (bicyclic) bond motifs is 3. The zero-order valence-corrected chi connectivity index (χ0v) is 13.2. The largest absolute Gasteiger partial charge is 0.358 e. The molecule has 0 atom stereocenters. The molecule has 1 aromatic heterocycles. The average Bonchev–Trinajstić information content (AvgIpc) is 2.92. The number of nitrogens with zero attached hydrogens (tertiary/aromatic N) is 1. The lowest BCUT2D eigenvalue weighted by Gasteiger charge is -2.12. The maximum atomic E-state index is 10.7. The second kappa shape index (κ2) is 6.02. The summed E-state index contributed by atoms with van der Waals surface area (Å²) < 4.78 is 0. The number of aromatic nitrogens is 1. The van der Waals surface area contributed by atoms with Gasteiger partial charge < -0.3 is 10.3 Å². The summed E-state index contributed by atoms with van der Waals surface area (Å²) in [7, 11) is 0. The smallest absolute Gasteiger partial charge is 0.269 e. The van der Waals surface area contributed by atoms with Gasteiger partial charge in [0.05, 0.1) is 4.92 Å². The van der Waals surface area contributed by atoms with Crippen LogP contribution in [0.15, 0.2) is 42.5 Å². The highest BCUT2D eigenvalue weighted by atomic mass is 35.5. The van der Waals surface area contributed by atoms with Gasteiger partial charge in [0.25, 0.3) is 5.69 Å². The van der Waals surface area contributed by atoms with Crippen molar-refractivity contribution in [1.82, 2.24) is 10.3 Å². The van der Waals surface area contributed by atoms with Crippen molar-refractivity contribution >= 4 is 29.0 Å². The Hall–Kier alpha value is -2.37. The Bertz CT molecular complexity index is 871. The quantitative estimate of drug-likeness (QED) is 0.554. The van der Waals surface area contributed by atoms with Crippen LogP contribution in [0.4, 0.5) is 5.69 Å². The molecule has 1 aliphatic rings. The number of rotatable bonds is 2. The Labute approximate surface area is 139 Å². The number of aromatic amines is 1. The van der Waals surface area contributed by atoms with Crippen molar-refractivity contribution in [3.05, 3.63) is 63.8 Å². The summed E-state index contributed by atoms with van der Waals surface area (Å²) in [5.41, 5.74) is 5.99. The molecule has 0 saturated carbocycles. The lowest BCUT2D eigenvalue weighted by molar-refractivity contribution is -0.384. The summed E-state index contributed by atoms with van der Waals surface area (Å²) >= 11 is 0. The van der Waals surface area contributed by atoms with E-state index in [4.69, 9.17) is 0 Å². The highest BCUT2D eigenvalue weighted by Crippen LogP contribution is 2.30. The van der Waals surface area contributed by atoms with Gasteiger partial charge in [-0.1, -0.05) is 6.07 Å². The standard InChI is InChI=1S/C17H15N3O2.ClH/c21-20(22)13-4-1-11(2-5-13)12-3-6-16-14(9-12)15-10-18-8-7-17(15)19-16;/h1-6,9,18-19H,7-8,10H2;1H. The first-order chi connectivity index (χ1) is 10.7. The molecule has 0 fully saturated rings. The van der Waals surface area contributed by atoms with E-state index in [-0.39, 0.29) is 23.0 Å². The summed E-state index contributed by atoms with van der Waals surface area (Å²) in [5.74, 6) is 0. The Balaban J connectivity index is 0.00000156. The molecular weight excluding hydrogens is 314 g/mol. The van der Waals surface area contributed by atoms with Crippen LogP contribution in [0.25, 0.3) is 22.0 Å². The fourth-order valence-electron chi connectivity index (χ4n) is 3.10. The molecular formula is C17H16ClN3O2. The third-order valence-electron chi connectivity index (χ3n) is 4.26.